The van der Waals surface area contributed by atoms with Crippen LogP contribution in [0.15, 0.2) is 0 Å². The Labute approximate surface area is 86.6 Å². The van der Waals surface area contributed by atoms with Gasteiger partial charge >= 0.3 is 0 Å². The van der Waals surface area contributed by atoms with Crippen LogP contribution >= 0.6 is 0 Å². The number of unbranched alkanes of at least 4 members (excludes halogenated alkanes) is 1. The van der Waals surface area contributed by atoms with Gasteiger partial charge in [0.1, 0.15) is 0 Å². The molecule has 0 aliphatic carbocycles. The lowest BCUT2D eigenvalue weighted by Crippen LogP contribution is -2.21. The molecule has 4 nitrogen and oxygen atoms in total. The van der Waals surface area contributed by atoms with E-state index in [1.165, 1.54) is 12.8 Å². The zero-order chi connectivity index (χ0) is 10.5. The van der Waals surface area contributed by atoms with Crippen LogP contribution < -0.4 is 5.32 Å². The molecule has 0 bridgehead atoms. The van der Waals surface area contributed by atoms with Crippen LogP contribution in [0.5, 0.6) is 0 Å². The fourth-order valence-electron chi connectivity index (χ4n) is 0.958. The summed E-state index contributed by atoms with van der Waals surface area (Å²) >= 11 is 0. The lowest BCUT2D eigenvalue weighted by Gasteiger charge is -2.05. The zero-order valence-electron chi connectivity index (χ0n) is 9.13. The summed E-state index contributed by atoms with van der Waals surface area (Å²) in [5, 5.41) is 11.7. The van der Waals surface area contributed by atoms with Crippen LogP contribution in [-0.2, 0) is 9.47 Å². The second-order valence-corrected chi connectivity index (χ2v) is 3.05. The summed E-state index contributed by atoms with van der Waals surface area (Å²) in [4.78, 5) is 0. The Hall–Kier alpha value is -0.160. The summed E-state index contributed by atoms with van der Waals surface area (Å²) in [7, 11) is 0. The molecule has 86 valence electrons. The first-order valence-corrected chi connectivity index (χ1v) is 5.39. The summed E-state index contributed by atoms with van der Waals surface area (Å²) in [6, 6.07) is 0. The molecular formula is C10H23NO3. The number of rotatable bonds is 11. The van der Waals surface area contributed by atoms with Crippen molar-refractivity contribution in [1.29, 1.82) is 0 Å². The highest BCUT2D eigenvalue weighted by Crippen LogP contribution is 1.82. The van der Waals surface area contributed by atoms with Gasteiger partial charge in [0.05, 0.1) is 33.0 Å². The first kappa shape index (κ1) is 13.8. The molecule has 0 heterocycles. The van der Waals surface area contributed by atoms with E-state index in [2.05, 4.69) is 12.2 Å². The lowest BCUT2D eigenvalue weighted by molar-refractivity contribution is 0.0340. The molecule has 14 heavy (non-hydrogen) atoms. The van der Waals surface area contributed by atoms with Crippen molar-refractivity contribution in [2.45, 2.75) is 19.8 Å². The van der Waals surface area contributed by atoms with Gasteiger partial charge in [0.2, 0.25) is 0 Å². The summed E-state index contributed by atoms with van der Waals surface area (Å²) < 4.78 is 10.3. The van der Waals surface area contributed by atoms with Crippen molar-refractivity contribution in [3.05, 3.63) is 0 Å². The van der Waals surface area contributed by atoms with Crippen molar-refractivity contribution in [2.24, 2.45) is 0 Å². The van der Waals surface area contributed by atoms with Crippen LogP contribution in [0, 0.1) is 0 Å². The lowest BCUT2D eigenvalue weighted by atomic mass is 10.3. The van der Waals surface area contributed by atoms with Gasteiger partial charge in [-0.1, -0.05) is 13.3 Å². The van der Waals surface area contributed by atoms with Crippen LogP contribution in [0.2, 0.25) is 0 Å². The third-order valence-corrected chi connectivity index (χ3v) is 1.74. The van der Waals surface area contributed by atoms with E-state index in [0.29, 0.717) is 19.8 Å². The Morgan fingerprint density at radius 3 is 2.36 bits per heavy atom. The van der Waals surface area contributed by atoms with Crippen molar-refractivity contribution in [1.82, 2.24) is 5.32 Å². The minimum absolute atomic E-state index is 0.0819. The molecular weight excluding hydrogens is 182 g/mol. The molecule has 0 aromatic carbocycles. The van der Waals surface area contributed by atoms with Crippen molar-refractivity contribution >= 4 is 0 Å². The fraction of sp³-hybridized carbons (Fsp3) is 1.00. The topological polar surface area (TPSA) is 50.7 Å². The van der Waals surface area contributed by atoms with Crippen molar-refractivity contribution < 1.29 is 14.6 Å². The average molecular weight is 205 g/mol. The molecule has 0 fully saturated rings. The van der Waals surface area contributed by atoms with Gasteiger partial charge in [0, 0.05) is 6.54 Å². The fourth-order valence-corrected chi connectivity index (χ4v) is 0.958. The van der Waals surface area contributed by atoms with Crippen LogP contribution in [0.4, 0.5) is 0 Å². The second kappa shape index (κ2) is 12.8. The Kier molecular flexibility index (Phi) is 12.7. The number of aliphatic hydroxyl groups excluding tert-OH is 1. The molecule has 0 unspecified atom stereocenters. The Balaban J connectivity index is 2.78. The smallest absolute Gasteiger partial charge is 0.0701 e. The van der Waals surface area contributed by atoms with E-state index >= 15 is 0 Å². The summed E-state index contributed by atoms with van der Waals surface area (Å²) in [5.41, 5.74) is 0. The molecule has 0 aromatic heterocycles. The maximum Gasteiger partial charge on any atom is 0.0701 e. The minimum Gasteiger partial charge on any atom is -0.394 e. The Morgan fingerprint density at radius 1 is 1.00 bits per heavy atom. The molecule has 0 saturated heterocycles. The highest BCUT2D eigenvalue weighted by molar-refractivity contribution is 4.45. The van der Waals surface area contributed by atoms with Crippen LogP contribution in [0.3, 0.4) is 0 Å². The van der Waals surface area contributed by atoms with Crippen LogP contribution in [0.1, 0.15) is 19.8 Å². The van der Waals surface area contributed by atoms with E-state index in [4.69, 9.17) is 14.6 Å². The highest BCUT2D eigenvalue weighted by Gasteiger charge is 1.89. The van der Waals surface area contributed by atoms with Crippen molar-refractivity contribution in [3.8, 4) is 0 Å². The average Bonchev–Trinajstić information content (AvgIpc) is 2.21. The van der Waals surface area contributed by atoms with E-state index in [0.717, 1.165) is 19.7 Å². The summed E-state index contributed by atoms with van der Waals surface area (Å²) in [6.45, 7) is 6.53. The van der Waals surface area contributed by atoms with Gasteiger partial charge in [0.15, 0.2) is 0 Å². The molecule has 0 amide bonds. The predicted octanol–water partition coefficient (Wildman–Crippen LogP) is 0.402. The van der Waals surface area contributed by atoms with Crippen LogP contribution in [-0.4, -0.2) is 51.2 Å². The maximum atomic E-state index is 8.41. The third-order valence-electron chi connectivity index (χ3n) is 1.74. The largest absolute Gasteiger partial charge is 0.394 e. The van der Waals surface area contributed by atoms with Crippen molar-refractivity contribution in [3.63, 3.8) is 0 Å². The van der Waals surface area contributed by atoms with Gasteiger partial charge in [-0.3, -0.25) is 0 Å². The Morgan fingerprint density at radius 2 is 1.71 bits per heavy atom. The molecule has 0 radical (unpaired) electrons. The molecule has 0 atom stereocenters. The Bertz CT molecular complexity index is 89.4. The first-order valence-electron chi connectivity index (χ1n) is 5.39. The number of ether oxygens (including phenoxy) is 2. The van der Waals surface area contributed by atoms with E-state index in [9.17, 15) is 0 Å². The first-order chi connectivity index (χ1) is 6.91. The van der Waals surface area contributed by atoms with Gasteiger partial charge in [-0.25, -0.2) is 0 Å². The van der Waals surface area contributed by atoms with E-state index in [1.807, 2.05) is 0 Å². The van der Waals surface area contributed by atoms with Gasteiger partial charge in [-0.05, 0) is 13.0 Å². The van der Waals surface area contributed by atoms with E-state index in [-0.39, 0.29) is 6.61 Å². The summed E-state index contributed by atoms with van der Waals surface area (Å²) in [5.74, 6) is 0. The SMILES string of the molecule is CCCCNCCOCCOCCO. The maximum absolute atomic E-state index is 8.41. The third kappa shape index (κ3) is 11.8. The van der Waals surface area contributed by atoms with E-state index in [1.54, 1.807) is 0 Å². The normalized spacial score (nSPS) is 10.7. The van der Waals surface area contributed by atoms with E-state index < -0.39 is 0 Å². The van der Waals surface area contributed by atoms with Gasteiger partial charge in [-0.2, -0.15) is 0 Å². The highest BCUT2D eigenvalue weighted by atomic mass is 16.5. The number of nitrogens with one attached hydrogen (secondary N) is 1. The monoisotopic (exact) mass is 205 g/mol. The summed E-state index contributed by atoms with van der Waals surface area (Å²) in [6.07, 6.45) is 2.45. The molecule has 0 aromatic rings. The van der Waals surface area contributed by atoms with Gasteiger partial charge in [-0.15, -0.1) is 0 Å². The minimum atomic E-state index is 0.0819. The number of hydrogen-bond donors (Lipinski definition) is 2. The van der Waals surface area contributed by atoms with Crippen molar-refractivity contribution in [2.75, 3.05) is 46.1 Å². The van der Waals surface area contributed by atoms with Crippen LogP contribution in [0.25, 0.3) is 0 Å². The predicted molar refractivity (Wildman–Crippen MR) is 56.5 cm³/mol. The number of hydrogen-bond acceptors (Lipinski definition) is 4. The quantitative estimate of drug-likeness (QED) is 0.479. The molecule has 2 N–H and O–H groups in total. The molecule has 0 spiro atoms. The zero-order valence-corrected chi connectivity index (χ0v) is 9.13. The van der Waals surface area contributed by atoms with Gasteiger partial charge in [0.25, 0.3) is 0 Å². The second-order valence-electron chi connectivity index (χ2n) is 3.05. The molecule has 0 rings (SSSR count). The standard InChI is InChI=1S/C10H23NO3/c1-2-3-4-11-5-7-13-9-10-14-8-6-12/h11-12H,2-10H2,1H3. The molecule has 0 saturated carbocycles. The molecule has 0 aliphatic rings. The molecule has 0 aliphatic heterocycles. The van der Waals surface area contributed by atoms with Gasteiger partial charge < -0.3 is 19.9 Å². The number of aliphatic hydroxyl groups is 1. The molecule has 4 heteroatoms.